The molecule has 0 saturated carbocycles. The zero-order chi connectivity index (χ0) is 20.1. The van der Waals surface area contributed by atoms with Crippen molar-refractivity contribution in [2.24, 2.45) is 0 Å². The highest BCUT2D eigenvalue weighted by Crippen LogP contribution is 2.31. The first-order valence-electron chi connectivity index (χ1n) is 9.50. The monoisotopic (exact) mass is 402 g/mol. The van der Waals surface area contributed by atoms with Crippen molar-refractivity contribution in [3.8, 4) is 5.75 Å². The summed E-state index contributed by atoms with van der Waals surface area (Å²) < 4.78 is 20.2. The van der Waals surface area contributed by atoms with Crippen molar-refractivity contribution in [2.75, 3.05) is 6.61 Å². The van der Waals surface area contributed by atoms with Crippen molar-refractivity contribution >= 4 is 17.6 Å². The van der Waals surface area contributed by atoms with Crippen LogP contribution in [0.15, 0.2) is 47.5 Å². The number of hydrogen-bond acceptors (Lipinski definition) is 2. The number of carboxylic acid groups (broad SMARTS) is 1. The third kappa shape index (κ3) is 5.35. The fraction of sp³-hybridized carbons (Fsp3) is 0.348. The predicted molar refractivity (Wildman–Crippen MR) is 109 cm³/mol. The lowest BCUT2D eigenvalue weighted by Gasteiger charge is -2.13. The van der Waals surface area contributed by atoms with Crippen LogP contribution in [-0.4, -0.2) is 17.7 Å². The largest absolute Gasteiger partial charge is 0.486 e. The predicted octanol–water partition coefficient (Wildman–Crippen LogP) is 5.91. The number of aryl methyl sites for hydroxylation is 2. The van der Waals surface area contributed by atoms with Gasteiger partial charge in [-0.25, -0.2) is 4.39 Å². The number of rotatable bonds is 8. The van der Waals surface area contributed by atoms with Crippen LogP contribution in [0.5, 0.6) is 5.75 Å². The highest BCUT2D eigenvalue weighted by atomic mass is 35.5. The number of hydrogen-bond donors (Lipinski definition) is 1. The van der Waals surface area contributed by atoms with Crippen LogP contribution >= 0.6 is 11.6 Å². The molecule has 0 atom stereocenters. The Hall–Kier alpha value is -2.33. The van der Waals surface area contributed by atoms with E-state index in [-0.39, 0.29) is 12.2 Å². The maximum Gasteiger partial charge on any atom is 0.303 e. The summed E-state index contributed by atoms with van der Waals surface area (Å²) in [6.07, 6.45) is 4.27. The second kappa shape index (κ2) is 9.24. The van der Waals surface area contributed by atoms with Crippen molar-refractivity contribution in [3.05, 3.63) is 75.1 Å². The number of allylic oxidation sites excluding steroid dienone is 1. The number of carboxylic acids is 1. The minimum atomic E-state index is -0.887. The van der Waals surface area contributed by atoms with Crippen LogP contribution in [0.25, 0.3) is 0 Å². The van der Waals surface area contributed by atoms with E-state index in [0.29, 0.717) is 18.6 Å². The van der Waals surface area contributed by atoms with Gasteiger partial charge in [-0.2, -0.15) is 0 Å². The van der Waals surface area contributed by atoms with Gasteiger partial charge in [-0.1, -0.05) is 29.3 Å². The maximum absolute atomic E-state index is 14.4. The summed E-state index contributed by atoms with van der Waals surface area (Å²) in [5.74, 6) is -1.10. The zero-order valence-electron chi connectivity index (χ0n) is 15.9. The SMILES string of the molecule is Cc1cc(OCC2=C(Cc3ccc(Cl)cc3)CCC2)c(F)cc1CCC(=O)O. The third-order valence-electron chi connectivity index (χ3n) is 5.19. The molecular formula is C23H24ClFO3. The highest BCUT2D eigenvalue weighted by Gasteiger charge is 2.17. The van der Waals surface area contributed by atoms with Gasteiger partial charge in [-0.3, -0.25) is 4.79 Å². The number of carbonyl (C=O) groups is 1. The van der Waals surface area contributed by atoms with Gasteiger partial charge in [0.05, 0.1) is 0 Å². The molecule has 0 amide bonds. The quantitative estimate of drug-likeness (QED) is 0.558. The van der Waals surface area contributed by atoms with Gasteiger partial charge in [0, 0.05) is 11.4 Å². The number of aliphatic carboxylic acids is 1. The molecule has 0 unspecified atom stereocenters. The van der Waals surface area contributed by atoms with E-state index in [2.05, 4.69) is 0 Å². The lowest BCUT2D eigenvalue weighted by Crippen LogP contribution is -2.05. The van der Waals surface area contributed by atoms with Crippen LogP contribution in [0.4, 0.5) is 4.39 Å². The summed E-state index contributed by atoms with van der Waals surface area (Å²) in [5.41, 5.74) is 5.36. The molecule has 2 aromatic rings. The molecule has 5 heteroatoms. The van der Waals surface area contributed by atoms with Crippen molar-refractivity contribution in [1.82, 2.24) is 0 Å². The fourth-order valence-electron chi connectivity index (χ4n) is 3.59. The van der Waals surface area contributed by atoms with E-state index in [9.17, 15) is 9.18 Å². The molecular weight excluding hydrogens is 379 g/mol. The minimum absolute atomic E-state index is 0.0125. The Labute approximate surface area is 169 Å². The van der Waals surface area contributed by atoms with E-state index in [1.54, 1.807) is 6.07 Å². The molecule has 0 radical (unpaired) electrons. The smallest absolute Gasteiger partial charge is 0.303 e. The summed E-state index contributed by atoms with van der Waals surface area (Å²) in [6, 6.07) is 10.9. The normalized spacial score (nSPS) is 13.8. The van der Waals surface area contributed by atoms with Crippen molar-refractivity contribution in [3.63, 3.8) is 0 Å². The van der Waals surface area contributed by atoms with Gasteiger partial charge in [0.2, 0.25) is 0 Å². The molecule has 0 aliphatic heterocycles. The van der Waals surface area contributed by atoms with Crippen LogP contribution in [-0.2, 0) is 17.6 Å². The van der Waals surface area contributed by atoms with E-state index in [1.165, 1.54) is 22.8 Å². The van der Waals surface area contributed by atoms with Gasteiger partial charge in [0.25, 0.3) is 0 Å². The Kier molecular flexibility index (Phi) is 6.74. The van der Waals surface area contributed by atoms with Crippen molar-refractivity contribution in [1.29, 1.82) is 0 Å². The Balaban J connectivity index is 1.67. The molecule has 0 bridgehead atoms. The first-order valence-corrected chi connectivity index (χ1v) is 9.88. The molecule has 1 aliphatic carbocycles. The molecule has 1 aliphatic rings. The maximum atomic E-state index is 14.4. The van der Waals surface area contributed by atoms with Gasteiger partial charge >= 0.3 is 5.97 Å². The molecule has 0 saturated heterocycles. The van der Waals surface area contributed by atoms with Gasteiger partial charge in [0.15, 0.2) is 11.6 Å². The summed E-state index contributed by atoms with van der Waals surface area (Å²) in [7, 11) is 0. The molecule has 0 aromatic heterocycles. The third-order valence-corrected chi connectivity index (χ3v) is 5.44. The average molecular weight is 403 g/mol. The van der Waals surface area contributed by atoms with Crippen LogP contribution in [0.1, 0.15) is 42.4 Å². The van der Waals surface area contributed by atoms with E-state index in [1.807, 2.05) is 31.2 Å². The highest BCUT2D eigenvalue weighted by molar-refractivity contribution is 6.30. The van der Waals surface area contributed by atoms with E-state index >= 15 is 0 Å². The Morgan fingerprint density at radius 3 is 2.61 bits per heavy atom. The molecule has 0 fully saturated rings. The number of benzene rings is 2. The molecule has 3 rings (SSSR count). The van der Waals surface area contributed by atoms with Crippen LogP contribution in [0.2, 0.25) is 5.02 Å². The topological polar surface area (TPSA) is 46.5 Å². The number of ether oxygens (including phenoxy) is 1. The van der Waals surface area contributed by atoms with Crippen molar-refractivity contribution < 1.29 is 19.0 Å². The Bertz CT molecular complexity index is 887. The first-order chi connectivity index (χ1) is 13.4. The summed E-state index contributed by atoms with van der Waals surface area (Å²) in [4.78, 5) is 10.7. The van der Waals surface area contributed by atoms with Crippen LogP contribution in [0.3, 0.4) is 0 Å². The van der Waals surface area contributed by atoms with Crippen LogP contribution in [0, 0.1) is 12.7 Å². The van der Waals surface area contributed by atoms with E-state index < -0.39 is 11.8 Å². The molecule has 1 N–H and O–H groups in total. The second-order valence-electron chi connectivity index (χ2n) is 7.26. The number of halogens is 2. The molecule has 28 heavy (non-hydrogen) atoms. The van der Waals surface area contributed by atoms with Gasteiger partial charge in [0.1, 0.15) is 6.61 Å². The lowest BCUT2D eigenvalue weighted by atomic mass is 10.0. The van der Waals surface area contributed by atoms with Gasteiger partial charge < -0.3 is 9.84 Å². The van der Waals surface area contributed by atoms with Gasteiger partial charge in [-0.15, -0.1) is 0 Å². The summed E-state index contributed by atoms with van der Waals surface area (Å²) in [6.45, 7) is 2.23. The lowest BCUT2D eigenvalue weighted by molar-refractivity contribution is -0.136. The molecule has 2 aromatic carbocycles. The Morgan fingerprint density at radius 2 is 1.89 bits per heavy atom. The minimum Gasteiger partial charge on any atom is -0.486 e. The zero-order valence-corrected chi connectivity index (χ0v) is 16.7. The molecule has 148 valence electrons. The summed E-state index contributed by atoms with van der Waals surface area (Å²) in [5, 5.41) is 9.54. The average Bonchev–Trinajstić information content (AvgIpc) is 3.09. The van der Waals surface area contributed by atoms with Gasteiger partial charge in [-0.05, 0) is 85.6 Å². The van der Waals surface area contributed by atoms with Crippen LogP contribution < -0.4 is 4.74 Å². The second-order valence-corrected chi connectivity index (χ2v) is 7.69. The van der Waals surface area contributed by atoms with Crippen molar-refractivity contribution in [2.45, 2.75) is 45.4 Å². The van der Waals surface area contributed by atoms with E-state index in [0.717, 1.165) is 36.3 Å². The summed E-state index contributed by atoms with van der Waals surface area (Å²) >= 11 is 5.95. The molecule has 3 nitrogen and oxygen atoms in total. The first kappa shape index (κ1) is 20.4. The molecule has 0 heterocycles. The standard InChI is InChI=1S/C23H24ClFO3/c1-15-11-22(21(25)13-17(15)7-10-23(26)27)28-14-19-4-2-3-18(19)12-16-5-8-20(24)9-6-16/h5-6,8-9,11,13H,2-4,7,10,12,14H2,1H3,(H,26,27). The fourth-order valence-corrected chi connectivity index (χ4v) is 3.71. The van der Waals surface area contributed by atoms with E-state index in [4.69, 9.17) is 21.4 Å². The molecule has 0 spiro atoms. The Morgan fingerprint density at radius 1 is 1.18 bits per heavy atom.